The maximum absolute atomic E-state index is 13.5. The molecule has 3 N–H and O–H groups in total. The molecule has 3 amide bonds. The highest BCUT2D eigenvalue weighted by Gasteiger charge is 2.25. The van der Waals surface area contributed by atoms with Gasteiger partial charge in [0.1, 0.15) is 36.2 Å². The number of alkyl carbamates (subject to hydrolysis) is 1. The number of aromatic nitrogens is 2. The Kier molecular flexibility index (Phi) is 11.2. The van der Waals surface area contributed by atoms with Crippen molar-refractivity contribution in [3.05, 3.63) is 71.1 Å². The molecule has 0 bridgehead atoms. The first-order chi connectivity index (χ1) is 20.3. The SMILES string of the molecule is CC(C)(CNC(=O)OC(C)(C)C)COc1cc(OCCF)ccc1C(=O)Nc1cccnc1C(=O)Nc1ccc(Cl)cn1. The number of anilines is 2. The Balaban J connectivity index is 1.78. The van der Waals surface area contributed by atoms with Crippen molar-refractivity contribution < 1.29 is 33.0 Å². The van der Waals surface area contributed by atoms with Gasteiger partial charge in [-0.2, -0.15) is 0 Å². The van der Waals surface area contributed by atoms with E-state index in [2.05, 4.69) is 25.9 Å². The smallest absolute Gasteiger partial charge is 0.407 e. The summed E-state index contributed by atoms with van der Waals surface area (Å²) in [5.74, 6) is -0.495. The highest BCUT2D eigenvalue weighted by atomic mass is 35.5. The normalized spacial score (nSPS) is 11.3. The fraction of sp³-hybridized carbons (Fsp3) is 0.367. The minimum Gasteiger partial charge on any atom is -0.492 e. The number of ether oxygens (including phenoxy) is 3. The number of pyridine rings is 2. The van der Waals surface area contributed by atoms with E-state index in [1.54, 1.807) is 32.9 Å². The van der Waals surface area contributed by atoms with Gasteiger partial charge in [-0.3, -0.25) is 9.59 Å². The Labute approximate surface area is 254 Å². The molecule has 0 unspecified atom stereocenters. The van der Waals surface area contributed by atoms with Crippen molar-refractivity contribution >= 4 is 41.0 Å². The van der Waals surface area contributed by atoms with Gasteiger partial charge in [0.15, 0.2) is 5.69 Å². The number of carbonyl (C=O) groups excluding carboxylic acids is 3. The highest BCUT2D eigenvalue weighted by Crippen LogP contribution is 2.29. The number of rotatable bonds is 12. The molecule has 0 fully saturated rings. The van der Waals surface area contributed by atoms with Crippen molar-refractivity contribution in [2.24, 2.45) is 5.41 Å². The van der Waals surface area contributed by atoms with E-state index in [1.807, 2.05) is 13.8 Å². The largest absolute Gasteiger partial charge is 0.492 e. The highest BCUT2D eigenvalue weighted by molar-refractivity contribution is 6.30. The molecule has 0 aliphatic rings. The van der Waals surface area contributed by atoms with Crippen LogP contribution in [0.3, 0.4) is 0 Å². The number of nitrogens with zero attached hydrogens (tertiary/aromatic N) is 2. The van der Waals surface area contributed by atoms with Crippen LogP contribution in [-0.4, -0.2) is 59.9 Å². The summed E-state index contributed by atoms with van der Waals surface area (Å²) in [4.78, 5) is 46.7. The first kappa shape index (κ1) is 33.1. The van der Waals surface area contributed by atoms with Gasteiger partial charge in [-0.25, -0.2) is 19.2 Å². The van der Waals surface area contributed by atoms with Crippen LogP contribution in [0.5, 0.6) is 11.5 Å². The summed E-state index contributed by atoms with van der Waals surface area (Å²) in [5.41, 5.74) is -1.01. The van der Waals surface area contributed by atoms with Gasteiger partial charge in [-0.15, -0.1) is 0 Å². The molecular weight excluding hydrogens is 581 g/mol. The second-order valence-corrected chi connectivity index (χ2v) is 11.6. The Morgan fingerprint density at radius 2 is 1.72 bits per heavy atom. The number of carbonyl (C=O) groups is 3. The van der Waals surface area contributed by atoms with Crippen molar-refractivity contribution in [1.29, 1.82) is 0 Å². The van der Waals surface area contributed by atoms with Crippen molar-refractivity contribution in [3.63, 3.8) is 0 Å². The van der Waals surface area contributed by atoms with E-state index >= 15 is 0 Å². The molecule has 0 spiro atoms. The van der Waals surface area contributed by atoms with Gasteiger partial charge in [0.25, 0.3) is 11.8 Å². The van der Waals surface area contributed by atoms with Crippen LogP contribution >= 0.6 is 11.6 Å². The predicted octanol–water partition coefficient (Wildman–Crippen LogP) is 5.91. The molecule has 0 atom stereocenters. The van der Waals surface area contributed by atoms with E-state index in [0.717, 1.165) is 0 Å². The van der Waals surface area contributed by atoms with Crippen LogP contribution in [0.2, 0.25) is 5.02 Å². The number of hydrogen-bond acceptors (Lipinski definition) is 8. The maximum Gasteiger partial charge on any atom is 0.407 e. The van der Waals surface area contributed by atoms with Crippen molar-refractivity contribution in [2.75, 3.05) is 37.1 Å². The molecular formula is C30H35ClFN5O6. The fourth-order valence-corrected chi connectivity index (χ4v) is 3.62. The lowest BCUT2D eigenvalue weighted by molar-refractivity contribution is 0.0492. The molecule has 2 heterocycles. The van der Waals surface area contributed by atoms with E-state index < -0.39 is 35.6 Å². The van der Waals surface area contributed by atoms with Gasteiger partial charge >= 0.3 is 6.09 Å². The summed E-state index contributed by atoms with van der Waals surface area (Å²) in [6.45, 7) is 8.47. The van der Waals surface area contributed by atoms with Gasteiger partial charge in [0.05, 0.1) is 22.9 Å². The molecule has 1 aromatic carbocycles. The molecule has 13 heteroatoms. The van der Waals surface area contributed by atoms with Crippen molar-refractivity contribution in [3.8, 4) is 11.5 Å². The summed E-state index contributed by atoms with van der Waals surface area (Å²) < 4.78 is 29.4. The van der Waals surface area contributed by atoms with Gasteiger partial charge in [0, 0.05) is 30.4 Å². The fourth-order valence-electron chi connectivity index (χ4n) is 3.51. The number of hydrogen-bond donors (Lipinski definition) is 3. The number of nitrogens with one attached hydrogen (secondary N) is 3. The molecule has 11 nitrogen and oxygen atoms in total. The first-order valence-corrected chi connectivity index (χ1v) is 13.8. The number of alkyl halides is 1. The predicted molar refractivity (Wildman–Crippen MR) is 161 cm³/mol. The zero-order valence-electron chi connectivity index (χ0n) is 24.6. The Bertz CT molecular complexity index is 1430. The third-order valence-electron chi connectivity index (χ3n) is 5.51. The minimum atomic E-state index is -0.695. The lowest BCUT2D eigenvalue weighted by Crippen LogP contribution is -2.40. The second kappa shape index (κ2) is 14.6. The second-order valence-electron chi connectivity index (χ2n) is 11.2. The van der Waals surface area contributed by atoms with Crippen LogP contribution in [0.1, 0.15) is 55.5 Å². The lowest BCUT2D eigenvalue weighted by Gasteiger charge is -2.27. The molecule has 0 aliphatic carbocycles. The lowest BCUT2D eigenvalue weighted by atomic mass is 9.95. The van der Waals surface area contributed by atoms with Crippen LogP contribution in [0.4, 0.5) is 20.7 Å². The Morgan fingerprint density at radius 1 is 0.953 bits per heavy atom. The van der Waals surface area contributed by atoms with Crippen LogP contribution < -0.4 is 25.4 Å². The minimum absolute atomic E-state index is 0.0488. The van der Waals surface area contributed by atoms with Gasteiger partial charge in [0.2, 0.25) is 0 Å². The standard InChI is InChI=1S/C30H35ClFN5O6/c1-29(2,3)43-28(40)35-17-30(4,5)18-42-23-15-20(41-14-12-32)9-10-21(23)26(38)36-22-7-6-13-33-25(22)27(39)37-24-11-8-19(31)16-34-24/h6-11,13,15-16H,12,14,17-18H2,1-5H3,(H,35,40)(H,36,38)(H,34,37,39). The summed E-state index contributed by atoms with van der Waals surface area (Å²) in [5, 5.41) is 8.45. The average Bonchev–Trinajstić information content (AvgIpc) is 2.94. The molecule has 0 saturated carbocycles. The zero-order valence-corrected chi connectivity index (χ0v) is 25.4. The monoisotopic (exact) mass is 615 g/mol. The average molecular weight is 616 g/mol. The Hall–Kier alpha value is -4.45. The molecule has 0 aliphatic heterocycles. The third kappa shape index (κ3) is 10.7. The van der Waals surface area contributed by atoms with E-state index in [4.69, 9.17) is 25.8 Å². The summed E-state index contributed by atoms with van der Waals surface area (Å²) in [6, 6.07) is 10.7. The van der Waals surface area contributed by atoms with Crippen molar-refractivity contribution in [1.82, 2.24) is 15.3 Å². The van der Waals surface area contributed by atoms with Crippen LogP contribution in [0.15, 0.2) is 54.9 Å². The maximum atomic E-state index is 13.5. The number of amides is 3. The molecule has 0 saturated heterocycles. The Morgan fingerprint density at radius 3 is 2.40 bits per heavy atom. The van der Waals surface area contributed by atoms with E-state index in [0.29, 0.717) is 10.8 Å². The molecule has 0 radical (unpaired) electrons. The quantitative estimate of drug-likeness (QED) is 0.228. The van der Waals surface area contributed by atoms with E-state index in [-0.39, 0.29) is 48.3 Å². The van der Waals surface area contributed by atoms with Gasteiger partial charge in [-0.1, -0.05) is 25.4 Å². The van der Waals surface area contributed by atoms with Crippen LogP contribution in [0.25, 0.3) is 0 Å². The summed E-state index contributed by atoms with van der Waals surface area (Å²) in [6.07, 6.45) is 2.24. The summed E-state index contributed by atoms with van der Waals surface area (Å²) in [7, 11) is 0. The molecule has 3 aromatic rings. The number of benzene rings is 1. The summed E-state index contributed by atoms with van der Waals surface area (Å²) >= 11 is 5.86. The van der Waals surface area contributed by atoms with Crippen LogP contribution in [-0.2, 0) is 4.74 Å². The first-order valence-electron chi connectivity index (χ1n) is 13.4. The molecule has 3 rings (SSSR count). The van der Waals surface area contributed by atoms with E-state index in [9.17, 15) is 18.8 Å². The van der Waals surface area contributed by atoms with Crippen LogP contribution in [0, 0.1) is 5.41 Å². The van der Waals surface area contributed by atoms with Gasteiger partial charge in [-0.05, 0) is 57.2 Å². The topological polar surface area (TPSA) is 141 Å². The van der Waals surface area contributed by atoms with Gasteiger partial charge < -0.3 is 30.2 Å². The molecule has 230 valence electrons. The van der Waals surface area contributed by atoms with E-state index in [1.165, 1.54) is 42.7 Å². The zero-order chi connectivity index (χ0) is 31.6. The number of halogens is 2. The molecule has 43 heavy (non-hydrogen) atoms. The molecule has 2 aromatic heterocycles. The third-order valence-corrected chi connectivity index (χ3v) is 5.74. The van der Waals surface area contributed by atoms with Crippen molar-refractivity contribution in [2.45, 2.75) is 40.2 Å².